The number of nitrogens with one attached hydrogen (secondary N) is 1. The van der Waals surface area contributed by atoms with Crippen LogP contribution in [0.3, 0.4) is 0 Å². The number of benzene rings is 2. The lowest BCUT2D eigenvalue weighted by Crippen LogP contribution is -2.27. The van der Waals surface area contributed by atoms with Crippen molar-refractivity contribution in [2.75, 3.05) is 13.2 Å². The number of carbonyl (C=O) groups is 2. The summed E-state index contributed by atoms with van der Waals surface area (Å²) in [5, 5.41) is 11.4. The average molecular weight is 387 g/mol. The van der Waals surface area contributed by atoms with Crippen LogP contribution in [0.2, 0.25) is 0 Å². The first-order chi connectivity index (χ1) is 13.0. The summed E-state index contributed by atoms with van der Waals surface area (Å²) in [6.45, 7) is 4.52. The van der Waals surface area contributed by atoms with Crippen molar-refractivity contribution in [3.05, 3.63) is 53.6 Å². The minimum atomic E-state index is -0.917. The van der Waals surface area contributed by atoms with Gasteiger partial charge < -0.3 is 19.9 Å². The third kappa shape index (κ3) is 4.54. The van der Waals surface area contributed by atoms with Crippen LogP contribution in [0, 0.1) is 0 Å². The molecule has 3 rings (SSSR count). The molecule has 0 bridgehead atoms. The number of aliphatic carboxylic acids is 1. The molecule has 1 amide bonds. The molecule has 0 spiro atoms. The Bertz CT molecular complexity index is 854. The number of carboxylic acid groups (broad SMARTS) is 1. The summed E-state index contributed by atoms with van der Waals surface area (Å²) in [5.41, 5.74) is 1.36. The smallest absolute Gasteiger partial charge is 0.316 e. The quantitative estimate of drug-likeness (QED) is 0.738. The molecule has 0 radical (unpaired) electrons. The summed E-state index contributed by atoms with van der Waals surface area (Å²) in [6.07, 6.45) is 0. The Kier molecular flexibility index (Phi) is 5.91. The second-order valence-corrected chi connectivity index (χ2v) is 7.58. The number of carbonyl (C=O) groups excluding carboxylic acids is 1. The van der Waals surface area contributed by atoms with Gasteiger partial charge in [-0.25, -0.2) is 0 Å². The van der Waals surface area contributed by atoms with E-state index in [1.807, 2.05) is 25.1 Å². The van der Waals surface area contributed by atoms with Crippen LogP contribution in [0.15, 0.2) is 47.4 Å². The van der Waals surface area contributed by atoms with E-state index in [1.54, 1.807) is 31.2 Å². The molecular formula is C20H21NO5S. The van der Waals surface area contributed by atoms with Crippen molar-refractivity contribution in [3.8, 4) is 11.5 Å². The fourth-order valence-electron chi connectivity index (χ4n) is 2.68. The lowest BCUT2D eigenvalue weighted by atomic mass is 10.1. The monoisotopic (exact) mass is 387 g/mol. The van der Waals surface area contributed by atoms with Gasteiger partial charge in [0.2, 0.25) is 0 Å². The molecule has 2 unspecified atom stereocenters. The maximum atomic E-state index is 12.8. The summed E-state index contributed by atoms with van der Waals surface area (Å²) in [7, 11) is 0. The Balaban J connectivity index is 1.74. The van der Waals surface area contributed by atoms with Gasteiger partial charge in [0.1, 0.15) is 18.5 Å². The predicted octanol–water partition coefficient (Wildman–Crippen LogP) is 3.51. The number of fused-ring (bicyclic) bond motifs is 1. The summed E-state index contributed by atoms with van der Waals surface area (Å²) < 4.78 is 11.1. The minimum Gasteiger partial charge on any atom is -0.486 e. The zero-order chi connectivity index (χ0) is 19.4. The molecule has 2 aromatic carbocycles. The summed E-state index contributed by atoms with van der Waals surface area (Å²) in [6, 6.07) is 12.4. The highest BCUT2D eigenvalue weighted by Crippen LogP contribution is 2.33. The van der Waals surface area contributed by atoms with Gasteiger partial charge in [0.15, 0.2) is 11.5 Å². The topological polar surface area (TPSA) is 84.9 Å². The van der Waals surface area contributed by atoms with E-state index in [0.29, 0.717) is 35.2 Å². The number of hydrogen-bond acceptors (Lipinski definition) is 5. The number of ether oxygens (including phenoxy) is 2. The number of hydrogen-bond donors (Lipinski definition) is 2. The van der Waals surface area contributed by atoms with Crippen molar-refractivity contribution in [1.82, 2.24) is 5.32 Å². The third-order valence-electron chi connectivity index (χ3n) is 4.20. The Labute approximate surface area is 161 Å². The normalized spacial score (nSPS) is 14.9. The Morgan fingerprint density at radius 3 is 2.52 bits per heavy atom. The minimum absolute atomic E-state index is 0.247. The fraction of sp³-hybridized carbons (Fsp3) is 0.300. The lowest BCUT2D eigenvalue weighted by molar-refractivity contribution is -0.136. The number of amides is 1. The van der Waals surface area contributed by atoms with Crippen LogP contribution in [-0.4, -0.2) is 35.4 Å². The summed E-state index contributed by atoms with van der Waals surface area (Å²) >= 11 is 1.15. The summed E-state index contributed by atoms with van der Waals surface area (Å²) in [5.74, 6) is 0.206. The Morgan fingerprint density at radius 1 is 1.07 bits per heavy atom. The third-order valence-corrected chi connectivity index (χ3v) is 5.36. The first kappa shape index (κ1) is 19.1. The zero-order valence-electron chi connectivity index (χ0n) is 15.1. The highest BCUT2D eigenvalue weighted by molar-refractivity contribution is 8.00. The van der Waals surface area contributed by atoms with Crippen molar-refractivity contribution in [2.24, 2.45) is 0 Å². The molecule has 27 heavy (non-hydrogen) atoms. The number of carboxylic acids is 1. The van der Waals surface area contributed by atoms with Crippen LogP contribution in [-0.2, 0) is 4.79 Å². The summed E-state index contributed by atoms with van der Waals surface area (Å²) in [4.78, 5) is 24.5. The van der Waals surface area contributed by atoms with E-state index < -0.39 is 11.2 Å². The van der Waals surface area contributed by atoms with Crippen molar-refractivity contribution < 1.29 is 24.2 Å². The van der Waals surface area contributed by atoms with Crippen molar-refractivity contribution in [2.45, 2.75) is 30.0 Å². The first-order valence-electron chi connectivity index (χ1n) is 8.64. The van der Waals surface area contributed by atoms with Gasteiger partial charge >= 0.3 is 5.97 Å². The van der Waals surface area contributed by atoms with Gasteiger partial charge in [-0.1, -0.05) is 18.2 Å². The van der Waals surface area contributed by atoms with E-state index in [4.69, 9.17) is 14.6 Å². The Hall–Kier alpha value is -2.67. The second-order valence-electron chi connectivity index (χ2n) is 6.19. The molecule has 0 aromatic heterocycles. The predicted molar refractivity (Wildman–Crippen MR) is 103 cm³/mol. The molecule has 2 N–H and O–H groups in total. The van der Waals surface area contributed by atoms with Crippen LogP contribution in [0.5, 0.6) is 11.5 Å². The van der Waals surface area contributed by atoms with Crippen molar-refractivity contribution in [3.63, 3.8) is 0 Å². The molecule has 0 fully saturated rings. The van der Waals surface area contributed by atoms with Gasteiger partial charge in [0, 0.05) is 4.90 Å². The van der Waals surface area contributed by atoms with E-state index in [1.165, 1.54) is 0 Å². The lowest BCUT2D eigenvalue weighted by Gasteiger charge is -2.21. The largest absolute Gasteiger partial charge is 0.486 e. The highest BCUT2D eigenvalue weighted by Gasteiger charge is 2.20. The molecule has 0 saturated carbocycles. The van der Waals surface area contributed by atoms with E-state index in [0.717, 1.165) is 17.3 Å². The maximum absolute atomic E-state index is 12.8. The van der Waals surface area contributed by atoms with Crippen LogP contribution in [0.1, 0.15) is 35.8 Å². The fourth-order valence-corrected chi connectivity index (χ4v) is 3.61. The van der Waals surface area contributed by atoms with Crippen molar-refractivity contribution >= 4 is 23.6 Å². The first-order valence-corrected chi connectivity index (χ1v) is 9.52. The molecule has 1 heterocycles. The molecule has 0 saturated heterocycles. The SMILES string of the molecule is CC(Sc1ccccc1C(=O)NC(C)c1ccc2c(c1)OCCO2)C(=O)O. The van der Waals surface area contributed by atoms with E-state index >= 15 is 0 Å². The molecule has 7 heteroatoms. The van der Waals surface area contributed by atoms with Gasteiger partial charge in [-0.3, -0.25) is 9.59 Å². The highest BCUT2D eigenvalue weighted by atomic mass is 32.2. The number of thioether (sulfide) groups is 1. The van der Waals surface area contributed by atoms with Gasteiger partial charge in [-0.05, 0) is 43.7 Å². The van der Waals surface area contributed by atoms with E-state index in [2.05, 4.69) is 5.32 Å². The second kappa shape index (κ2) is 8.35. The molecule has 6 nitrogen and oxygen atoms in total. The van der Waals surface area contributed by atoms with Crippen LogP contribution in [0.4, 0.5) is 0 Å². The molecule has 1 aliphatic heterocycles. The zero-order valence-corrected chi connectivity index (χ0v) is 15.9. The molecule has 2 atom stereocenters. The van der Waals surface area contributed by atoms with E-state index in [9.17, 15) is 9.59 Å². The Morgan fingerprint density at radius 2 is 1.78 bits per heavy atom. The van der Waals surface area contributed by atoms with Gasteiger partial charge in [0.05, 0.1) is 11.6 Å². The van der Waals surface area contributed by atoms with Gasteiger partial charge in [-0.2, -0.15) is 0 Å². The van der Waals surface area contributed by atoms with Crippen LogP contribution in [0.25, 0.3) is 0 Å². The van der Waals surface area contributed by atoms with Gasteiger partial charge in [0.25, 0.3) is 5.91 Å². The van der Waals surface area contributed by atoms with Gasteiger partial charge in [-0.15, -0.1) is 11.8 Å². The number of rotatable bonds is 6. The van der Waals surface area contributed by atoms with Crippen LogP contribution >= 0.6 is 11.8 Å². The molecule has 1 aliphatic rings. The average Bonchev–Trinajstić information content (AvgIpc) is 2.67. The molecular weight excluding hydrogens is 366 g/mol. The molecule has 2 aromatic rings. The van der Waals surface area contributed by atoms with Crippen molar-refractivity contribution in [1.29, 1.82) is 0 Å². The molecule has 142 valence electrons. The van der Waals surface area contributed by atoms with Crippen LogP contribution < -0.4 is 14.8 Å². The maximum Gasteiger partial charge on any atom is 0.316 e. The standard InChI is InChI=1S/C20H21NO5S/c1-12(14-7-8-16-17(11-14)26-10-9-25-16)21-19(22)15-5-3-4-6-18(15)27-13(2)20(23)24/h3-8,11-13H,9-10H2,1-2H3,(H,21,22)(H,23,24). The molecule has 0 aliphatic carbocycles. The van der Waals surface area contributed by atoms with E-state index in [-0.39, 0.29) is 11.9 Å².